The van der Waals surface area contributed by atoms with Gasteiger partial charge < -0.3 is 19.7 Å². The minimum atomic E-state index is -4.14. The van der Waals surface area contributed by atoms with Gasteiger partial charge in [0, 0.05) is 12.6 Å². The van der Waals surface area contributed by atoms with Crippen molar-refractivity contribution >= 4 is 27.5 Å². The molecule has 0 radical (unpaired) electrons. The molecule has 1 N–H and O–H groups in total. The highest BCUT2D eigenvalue weighted by Crippen LogP contribution is 2.27. The van der Waals surface area contributed by atoms with E-state index in [1.54, 1.807) is 61.7 Å². The van der Waals surface area contributed by atoms with Crippen LogP contribution in [0.3, 0.4) is 0 Å². The summed E-state index contributed by atoms with van der Waals surface area (Å²) in [7, 11) is -2.56. The second kappa shape index (κ2) is 15.6. The number of carbonyl (C=O) groups is 2. The van der Waals surface area contributed by atoms with Crippen LogP contribution in [0.5, 0.6) is 11.5 Å². The Morgan fingerprint density at radius 3 is 2.11 bits per heavy atom. The van der Waals surface area contributed by atoms with Crippen molar-refractivity contribution in [2.24, 2.45) is 0 Å². The first-order valence-corrected chi connectivity index (χ1v) is 16.7. The Morgan fingerprint density at radius 2 is 1.52 bits per heavy atom. The molecule has 44 heavy (non-hydrogen) atoms. The van der Waals surface area contributed by atoms with Gasteiger partial charge in [-0.15, -0.1) is 0 Å². The van der Waals surface area contributed by atoms with Crippen LogP contribution in [0.2, 0.25) is 0 Å². The van der Waals surface area contributed by atoms with E-state index >= 15 is 0 Å². The van der Waals surface area contributed by atoms with Crippen molar-refractivity contribution in [3.63, 3.8) is 0 Å². The second-order valence-corrected chi connectivity index (χ2v) is 12.8. The fourth-order valence-corrected chi connectivity index (χ4v) is 6.95. The molecule has 4 rings (SSSR count). The molecule has 1 saturated carbocycles. The van der Waals surface area contributed by atoms with Crippen molar-refractivity contribution in [2.45, 2.75) is 75.9 Å². The zero-order chi connectivity index (χ0) is 31.5. The molecular formula is C34H43N3O6S. The summed E-state index contributed by atoms with van der Waals surface area (Å²) in [5, 5.41) is 3.17. The summed E-state index contributed by atoms with van der Waals surface area (Å²) in [5.41, 5.74) is 1.11. The van der Waals surface area contributed by atoms with Gasteiger partial charge in [-0.1, -0.05) is 56.5 Å². The van der Waals surface area contributed by atoms with E-state index in [1.807, 2.05) is 26.0 Å². The number of nitrogens with zero attached hydrogens (tertiary/aromatic N) is 2. The van der Waals surface area contributed by atoms with E-state index in [1.165, 1.54) is 17.0 Å². The first-order chi connectivity index (χ1) is 21.3. The largest absolute Gasteiger partial charge is 0.497 e. The molecule has 0 aromatic heterocycles. The first kappa shape index (κ1) is 32.9. The van der Waals surface area contributed by atoms with Gasteiger partial charge in [-0.25, -0.2) is 8.42 Å². The highest BCUT2D eigenvalue weighted by Gasteiger charge is 2.34. The Kier molecular flexibility index (Phi) is 11.7. The van der Waals surface area contributed by atoms with Crippen LogP contribution in [-0.2, 0) is 26.2 Å². The summed E-state index contributed by atoms with van der Waals surface area (Å²) < 4.78 is 39.9. The zero-order valence-corrected chi connectivity index (χ0v) is 26.6. The molecule has 1 atom stereocenters. The van der Waals surface area contributed by atoms with Gasteiger partial charge in [0.05, 0.1) is 24.3 Å². The lowest BCUT2D eigenvalue weighted by Gasteiger charge is -2.34. The first-order valence-electron chi connectivity index (χ1n) is 15.3. The summed E-state index contributed by atoms with van der Waals surface area (Å²) in [6.45, 7) is 3.83. The minimum absolute atomic E-state index is 0.0606. The number of amides is 2. The van der Waals surface area contributed by atoms with Crippen LogP contribution in [0, 0.1) is 0 Å². The topological polar surface area (TPSA) is 105 Å². The minimum Gasteiger partial charge on any atom is -0.497 e. The Hall–Kier alpha value is -4.05. The Bertz CT molecular complexity index is 1460. The number of hydrogen-bond donors (Lipinski definition) is 1. The number of ether oxygens (including phenoxy) is 2. The average molecular weight is 622 g/mol. The molecule has 3 aromatic carbocycles. The number of carbonyl (C=O) groups excluding carboxylic acids is 2. The molecule has 1 fully saturated rings. The van der Waals surface area contributed by atoms with Crippen molar-refractivity contribution in [3.8, 4) is 11.5 Å². The molecule has 0 bridgehead atoms. The van der Waals surface area contributed by atoms with Gasteiger partial charge in [0.2, 0.25) is 11.8 Å². The van der Waals surface area contributed by atoms with Crippen LogP contribution < -0.4 is 19.1 Å². The maximum atomic E-state index is 14.3. The molecule has 0 aliphatic heterocycles. The summed E-state index contributed by atoms with van der Waals surface area (Å²) in [6, 6.07) is 21.2. The maximum Gasteiger partial charge on any atom is 0.264 e. The lowest BCUT2D eigenvalue weighted by molar-refractivity contribution is -0.140. The summed E-state index contributed by atoms with van der Waals surface area (Å²) in [6.07, 6.45) is 5.47. The molecule has 9 nitrogen and oxygen atoms in total. The van der Waals surface area contributed by atoms with Gasteiger partial charge in [-0.3, -0.25) is 13.9 Å². The third-order valence-electron chi connectivity index (χ3n) is 7.90. The fourth-order valence-electron chi connectivity index (χ4n) is 5.52. The van der Waals surface area contributed by atoms with Gasteiger partial charge in [-0.05, 0) is 80.3 Å². The predicted molar refractivity (Wildman–Crippen MR) is 171 cm³/mol. The molecule has 0 spiro atoms. The predicted octanol–water partition coefficient (Wildman–Crippen LogP) is 5.55. The fraction of sp³-hybridized carbons (Fsp3) is 0.412. The van der Waals surface area contributed by atoms with Crippen molar-refractivity contribution in [1.29, 1.82) is 0 Å². The van der Waals surface area contributed by atoms with Crippen LogP contribution in [0.4, 0.5) is 5.69 Å². The van der Waals surface area contributed by atoms with E-state index < -0.39 is 28.5 Å². The van der Waals surface area contributed by atoms with E-state index in [4.69, 9.17) is 9.47 Å². The van der Waals surface area contributed by atoms with Gasteiger partial charge in [0.15, 0.2) is 0 Å². The van der Waals surface area contributed by atoms with Crippen molar-refractivity contribution in [2.75, 3.05) is 24.6 Å². The van der Waals surface area contributed by atoms with Gasteiger partial charge in [-0.2, -0.15) is 0 Å². The van der Waals surface area contributed by atoms with Crippen LogP contribution in [0.1, 0.15) is 57.9 Å². The molecule has 10 heteroatoms. The van der Waals surface area contributed by atoms with Crippen LogP contribution in [-0.4, -0.2) is 57.5 Å². The second-order valence-electron chi connectivity index (χ2n) is 10.9. The van der Waals surface area contributed by atoms with E-state index in [2.05, 4.69) is 5.32 Å². The van der Waals surface area contributed by atoms with Gasteiger partial charge in [0.25, 0.3) is 10.0 Å². The standard InChI is InChI=1S/C34H43N3O6S/c1-4-32(34(39)35-27-12-8-6-9-13-27)36(24-26-16-20-29(42-3)21-17-26)33(38)25-37(28-18-22-30(23-19-28)43-5-2)44(40,41)31-14-10-7-11-15-31/h7,10-11,14-23,27,32H,4-6,8-9,12-13,24-25H2,1-3H3,(H,35,39)/t32-/m0/s1. The lowest BCUT2D eigenvalue weighted by Crippen LogP contribution is -2.54. The van der Waals surface area contributed by atoms with Crippen molar-refractivity contribution in [1.82, 2.24) is 10.2 Å². The number of rotatable bonds is 14. The summed E-state index contributed by atoms with van der Waals surface area (Å²) in [5.74, 6) is 0.551. The smallest absolute Gasteiger partial charge is 0.264 e. The van der Waals surface area contributed by atoms with Crippen LogP contribution >= 0.6 is 0 Å². The Morgan fingerprint density at radius 1 is 0.886 bits per heavy atom. The summed E-state index contributed by atoms with van der Waals surface area (Å²) >= 11 is 0. The molecule has 0 saturated heterocycles. The molecule has 236 valence electrons. The third-order valence-corrected chi connectivity index (χ3v) is 9.68. The lowest BCUT2D eigenvalue weighted by atomic mass is 9.95. The van der Waals surface area contributed by atoms with Crippen molar-refractivity contribution in [3.05, 3.63) is 84.4 Å². The quantitative estimate of drug-likeness (QED) is 0.253. The number of hydrogen-bond acceptors (Lipinski definition) is 6. The monoisotopic (exact) mass is 621 g/mol. The molecule has 0 unspecified atom stereocenters. The molecular weight excluding hydrogens is 578 g/mol. The molecule has 2 amide bonds. The average Bonchev–Trinajstić information content (AvgIpc) is 3.05. The number of sulfonamides is 1. The molecule has 1 aliphatic rings. The highest BCUT2D eigenvalue weighted by atomic mass is 32.2. The number of nitrogens with one attached hydrogen (secondary N) is 1. The van der Waals surface area contributed by atoms with E-state index in [0.29, 0.717) is 30.2 Å². The van der Waals surface area contributed by atoms with Gasteiger partial charge in [0.1, 0.15) is 24.1 Å². The Balaban J connectivity index is 1.69. The van der Waals surface area contributed by atoms with Gasteiger partial charge >= 0.3 is 0 Å². The van der Waals surface area contributed by atoms with Crippen LogP contribution in [0.15, 0.2) is 83.8 Å². The van der Waals surface area contributed by atoms with E-state index in [0.717, 1.165) is 42.0 Å². The number of methoxy groups -OCH3 is 1. The highest BCUT2D eigenvalue weighted by molar-refractivity contribution is 7.92. The third kappa shape index (κ3) is 8.31. The summed E-state index contributed by atoms with van der Waals surface area (Å²) in [4.78, 5) is 29.5. The molecule has 1 aliphatic carbocycles. The van der Waals surface area contributed by atoms with Crippen molar-refractivity contribution < 1.29 is 27.5 Å². The maximum absolute atomic E-state index is 14.3. The molecule has 0 heterocycles. The zero-order valence-electron chi connectivity index (χ0n) is 25.8. The number of benzene rings is 3. The molecule has 3 aromatic rings. The van der Waals surface area contributed by atoms with E-state index in [9.17, 15) is 18.0 Å². The number of anilines is 1. The normalized spacial score (nSPS) is 14.3. The van der Waals surface area contributed by atoms with E-state index in [-0.39, 0.29) is 23.4 Å². The van der Waals surface area contributed by atoms with Crippen LogP contribution in [0.25, 0.3) is 0 Å². The SMILES string of the molecule is CCOc1ccc(N(CC(=O)N(Cc2ccc(OC)cc2)[C@@H](CC)C(=O)NC2CCCCC2)S(=O)(=O)c2ccccc2)cc1. The Labute approximate surface area is 261 Å².